The molecule has 0 spiro atoms. The molecular weight excluding hydrogens is 433 g/mol. The van der Waals surface area contributed by atoms with Crippen molar-refractivity contribution in [2.24, 2.45) is 4.99 Å². The number of hydrogen-bond donors (Lipinski definition) is 2. The van der Waals surface area contributed by atoms with E-state index >= 15 is 0 Å². The Morgan fingerprint density at radius 2 is 2.28 bits per heavy atom. The van der Waals surface area contributed by atoms with E-state index in [1.807, 2.05) is 18.2 Å². The summed E-state index contributed by atoms with van der Waals surface area (Å²) >= 11 is 0. The van der Waals surface area contributed by atoms with Crippen LogP contribution in [0.3, 0.4) is 0 Å². The van der Waals surface area contributed by atoms with E-state index in [9.17, 15) is 4.79 Å². The van der Waals surface area contributed by atoms with Gasteiger partial charge in [-0.1, -0.05) is 6.07 Å². The van der Waals surface area contributed by atoms with Crippen molar-refractivity contribution in [3.05, 3.63) is 30.1 Å². The summed E-state index contributed by atoms with van der Waals surface area (Å²) in [6, 6.07) is 5.81. The van der Waals surface area contributed by atoms with Crippen LogP contribution in [-0.4, -0.2) is 68.2 Å². The number of halogens is 1. The van der Waals surface area contributed by atoms with Gasteiger partial charge in [-0.15, -0.1) is 24.0 Å². The molecule has 8 heteroatoms. The molecule has 2 rings (SSSR count). The normalized spacial score (nSPS) is 16.9. The second-order valence-electron chi connectivity index (χ2n) is 5.83. The summed E-state index contributed by atoms with van der Waals surface area (Å²) in [5, 5.41) is 6.25. The molecule has 1 aromatic rings. The minimum atomic E-state index is 0. The molecular formula is C17H28IN5O2. The van der Waals surface area contributed by atoms with Crippen LogP contribution in [0.2, 0.25) is 0 Å². The first-order valence-electron chi connectivity index (χ1n) is 8.39. The summed E-state index contributed by atoms with van der Waals surface area (Å²) < 4.78 is 5.56. The van der Waals surface area contributed by atoms with Gasteiger partial charge in [0.05, 0.1) is 12.6 Å². The van der Waals surface area contributed by atoms with E-state index < -0.39 is 0 Å². The lowest BCUT2D eigenvalue weighted by atomic mass is 10.2. The number of nitrogens with zero attached hydrogens (tertiary/aromatic N) is 3. The lowest BCUT2D eigenvalue weighted by molar-refractivity contribution is -0.128. The lowest BCUT2D eigenvalue weighted by Gasteiger charge is -2.19. The predicted octanol–water partition coefficient (Wildman–Crippen LogP) is 1.04. The van der Waals surface area contributed by atoms with Crippen molar-refractivity contribution in [2.75, 3.05) is 40.3 Å². The Morgan fingerprint density at radius 3 is 2.92 bits per heavy atom. The highest BCUT2D eigenvalue weighted by molar-refractivity contribution is 14.0. The van der Waals surface area contributed by atoms with E-state index in [0.29, 0.717) is 19.0 Å². The highest BCUT2D eigenvalue weighted by Crippen LogP contribution is 2.10. The van der Waals surface area contributed by atoms with Crippen LogP contribution >= 0.6 is 24.0 Å². The average Bonchev–Trinajstić information content (AvgIpc) is 3.14. The van der Waals surface area contributed by atoms with E-state index in [-0.39, 0.29) is 42.5 Å². The SMILES string of the molecule is CN=C(NCC(=O)N(C)CCc1ccccn1)NCC1CCCO1.I. The van der Waals surface area contributed by atoms with Gasteiger partial charge in [0, 0.05) is 52.1 Å². The van der Waals surface area contributed by atoms with Crippen molar-refractivity contribution in [1.29, 1.82) is 0 Å². The van der Waals surface area contributed by atoms with Crippen LogP contribution in [0.25, 0.3) is 0 Å². The molecule has 1 atom stereocenters. The Hall–Kier alpha value is -1.42. The van der Waals surface area contributed by atoms with Gasteiger partial charge in [-0.05, 0) is 25.0 Å². The largest absolute Gasteiger partial charge is 0.376 e. The van der Waals surface area contributed by atoms with Gasteiger partial charge in [0.2, 0.25) is 5.91 Å². The van der Waals surface area contributed by atoms with E-state index in [2.05, 4.69) is 20.6 Å². The van der Waals surface area contributed by atoms with Gasteiger partial charge in [-0.3, -0.25) is 14.8 Å². The molecule has 7 nitrogen and oxygen atoms in total. The van der Waals surface area contributed by atoms with Crippen molar-refractivity contribution in [1.82, 2.24) is 20.5 Å². The molecule has 0 aromatic carbocycles. The van der Waals surface area contributed by atoms with Crippen molar-refractivity contribution in [3.63, 3.8) is 0 Å². The van der Waals surface area contributed by atoms with Crippen molar-refractivity contribution in [2.45, 2.75) is 25.4 Å². The van der Waals surface area contributed by atoms with Crippen LogP contribution in [0.4, 0.5) is 0 Å². The number of pyridine rings is 1. The quantitative estimate of drug-likeness (QED) is 0.361. The van der Waals surface area contributed by atoms with Crippen LogP contribution in [0.15, 0.2) is 29.4 Å². The fourth-order valence-corrected chi connectivity index (χ4v) is 2.48. The van der Waals surface area contributed by atoms with Gasteiger partial charge in [0.25, 0.3) is 0 Å². The standard InChI is InChI=1S/C17H27N5O2.HI/c1-18-17(20-12-15-7-5-11-24-15)21-13-16(23)22(2)10-8-14-6-3-4-9-19-14;/h3-4,6,9,15H,5,7-8,10-13H2,1-2H3,(H2,18,20,21);1H. The monoisotopic (exact) mass is 461 g/mol. The van der Waals surface area contributed by atoms with Crippen molar-refractivity contribution >= 4 is 35.8 Å². The summed E-state index contributed by atoms with van der Waals surface area (Å²) in [4.78, 5) is 22.3. The second-order valence-corrected chi connectivity index (χ2v) is 5.83. The number of guanidine groups is 1. The Labute approximate surface area is 166 Å². The highest BCUT2D eigenvalue weighted by atomic mass is 127. The number of ether oxygens (including phenoxy) is 1. The zero-order valence-corrected chi connectivity index (χ0v) is 17.2. The molecule has 0 radical (unpaired) electrons. The third-order valence-electron chi connectivity index (χ3n) is 4.01. The molecule has 2 heterocycles. The van der Waals surface area contributed by atoms with E-state index in [4.69, 9.17) is 4.74 Å². The van der Waals surface area contributed by atoms with Crippen molar-refractivity contribution in [3.8, 4) is 0 Å². The number of aliphatic imine (C=N–C) groups is 1. The maximum atomic E-state index is 12.2. The molecule has 1 amide bonds. The number of hydrogen-bond acceptors (Lipinski definition) is 4. The first-order chi connectivity index (χ1) is 11.7. The van der Waals surface area contributed by atoms with E-state index in [1.54, 1.807) is 25.2 Å². The Bertz CT molecular complexity index is 535. The number of rotatable bonds is 7. The Morgan fingerprint density at radius 1 is 1.44 bits per heavy atom. The summed E-state index contributed by atoms with van der Waals surface area (Å²) in [6.07, 6.45) is 4.93. The number of carbonyl (C=O) groups is 1. The molecule has 1 aliphatic heterocycles. The lowest BCUT2D eigenvalue weighted by Crippen LogP contribution is -2.45. The number of nitrogens with one attached hydrogen (secondary N) is 2. The summed E-state index contributed by atoms with van der Waals surface area (Å²) in [6.45, 7) is 2.39. The summed E-state index contributed by atoms with van der Waals surface area (Å²) in [5.74, 6) is 0.642. The molecule has 25 heavy (non-hydrogen) atoms. The minimum Gasteiger partial charge on any atom is -0.376 e. The zero-order valence-electron chi connectivity index (χ0n) is 14.9. The number of likely N-dealkylation sites (N-methyl/N-ethyl adjacent to an activating group) is 1. The average molecular weight is 461 g/mol. The molecule has 1 aliphatic rings. The Kier molecular flexibility index (Phi) is 10.4. The van der Waals surface area contributed by atoms with Crippen LogP contribution in [0.1, 0.15) is 18.5 Å². The number of aromatic nitrogens is 1. The molecule has 0 aliphatic carbocycles. The van der Waals surface area contributed by atoms with Crippen molar-refractivity contribution < 1.29 is 9.53 Å². The van der Waals surface area contributed by atoms with Crippen LogP contribution in [0, 0.1) is 0 Å². The van der Waals surface area contributed by atoms with E-state index in [1.165, 1.54) is 0 Å². The fraction of sp³-hybridized carbons (Fsp3) is 0.588. The van der Waals surface area contributed by atoms with Gasteiger partial charge in [0.1, 0.15) is 0 Å². The van der Waals surface area contributed by atoms with Gasteiger partial charge < -0.3 is 20.3 Å². The first kappa shape index (κ1) is 21.6. The first-order valence-corrected chi connectivity index (χ1v) is 8.39. The minimum absolute atomic E-state index is 0. The number of carbonyl (C=O) groups excluding carboxylic acids is 1. The molecule has 0 bridgehead atoms. The van der Waals surface area contributed by atoms with Crippen LogP contribution in [0.5, 0.6) is 0 Å². The summed E-state index contributed by atoms with van der Waals surface area (Å²) in [5.41, 5.74) is 0.985. The predicted molar refractivity (Wildman–Crippen MR) is 109 cm³/mol. The van der Waals surface area contributed by atoms with E-state index in [0.717, 1.165) is 31.6 Å². The second kappa shape index (κ2) is 12.0. The van der Waals surface area contributed by atoms with Gasteiger partial charge in [-0.25, -0.2) is 0 Å². The maximum absolute atomic E-state index is 12.2. The zero-order chi connectivity index (χ0) is 17.2. The van der Waals surface area contributed by atoms with Crippen LogP contribution < -0.4 is 10.6 Å². The third-order valence-corrected chi connectivity index (χ3v) is 4.01. The fourth-order valence-electron chi connectivity index (χ4n) is 2.48. The molecule has 1 aromatic heterocycles. The Balaban J connectivity index is 0.00000312. The molecule has 0 saturated carbocycles. The molecule has 140 valence electrons. The van der Waals surface area contributed by atoms with Crippen LogP contribution in [-0.2, 0) is 16.0 Å². The van der Waals surface area contributed by atoms with Gasteiger partial charge in [0.15, 0.2) is 5.96 Å². The number of amides is 1. The highest BCUT2D eigenvalue weighted by Gasteiger charge is 2.16. The molecule has 1 fully saturated rings. The molecule has 1 saturated heterocycles. The molecule has 2 N–H and O–H groups in total. The third kappa shape index (κ3) is 8.00. The van der Waals surface area contributed by atoms with Gasteiger partial charge >= 0.3 is 0 Å². The topological polar surface area (TPSA) is 78.9 Å². The van der Waals surface area contributed by atoms with Gasteiger partial charge in [-0.2, -0.15) is 0 Å². The molecule has 1 unspecified atom stereocenters. The smallest absolute Gasteiger partial charge is 0.241 e. The summed E-state index contributed by atoms with van der Waals surface area (Å²) in [7, 11) is 3.50. The maximum Gasteiger partial charge on any atom is 0.241 e.